The van der Waals surface area contributed by atoms with Crippen molar-refractivity contribution in [1.82, 2.24) is 4.90 Å². The highest BCUT2D eigenvalue weighted by Gasteiger charge is 2.37. The molecule has 0 bridgehead atoms. The van der Waals surface area contributed by atoms with Crippen LogP contribution in [-0.2, 0) is 9.53 Å². The Hall–Kier alpha value is -2.04. The molecule has 2 atom stereocenters. The minimum absolute atomic E-state index is 0.0149. The van der Waals surface area contributed by atoms with E-state index in [4.69, 9.17) is 4.74 Å². The molecule has 1 aliphatic carbocycles. The van der Waals surface area contributed by atoms with E-state index >= 15 is 0 Å². The smallest absolute Gasteiger partial charge is 0.407 e. The predicted octanol–water partition coefficient (Wildman–Crippen LogP) is 3.53. The minimum Gasteiger partial charge on any atom is -0.465 e. The topological polar surface area (TPSA) is 66.8 Å². The van der Waals surface area contributed by atoms with Crippen molar-refractivity contribution in [3.8, 4) is 0 Å². The van der Waals surface area contributed by atoms with Gasteiger partial charge in [0.1, 0.15) is 6.10 Å². The first kappa shape index (κ1) is 17.3. The number of hydrogen-bond donors (Lipinski definition) is 1. The van der Waals surface area contributed by atoms with Crippen molar-refractivity contribution in [2.45, 2.75) is 45.6 Å². The van der Waals surface area contributed by atoms with Crippen LogP contribution in [0.4, 0.5) is 4.79 Å². The number of carboxylic acid groups (broad SMARTS) is 1. The molecule has 23 heavy (non-hydrogen) atoms. The summed E-state index contributed by atoms with van der Waals surface area (Å²) in [6.45, 7) is 8.64. The molecule has 1 N–H and O–H groups in total. The third-order valence-corrected chi connectivity index (χ3v) is 4.59. The standard InChI is InChI=1S/C18H25NO4/c1-4-19(18(21)22)11-14-7-5-6-12(2)10-16-15(9-8-14)13(3)17(20)23-16/h7,10,15-16H,3-6,8-9,11H2,1-2H3,(H,21,22)/b12-10+,14-7-/t15-,16-/m1/s1. The molecule has 2 rings (SSSR count). The van der Waals surface area contributed by atoms with Gasteiger partial charge >= 0.3 is 12.1 Å². The summed E-state index contributed by atoms with van der Waals surface area (Å²) in [6.07, 6.45) is 6.32. The van der Waals surface area contributed by atoms with E-state index in [1.165, 1.54) is 10.5 Å². The second-order valence-corrected chi connectivity index (χ2v) is 6.25. The van der Waals surface area contributed by atoms with Crippen LogP contribution >= 0.6 is 0 Å². The Bertz CT molecular complexity index is 561. The summed E-state index contributed by atoms with van der Waals surface area (Å²) < 4.78 is 5.42. The van der Waals surface area contributed by atoms with Gasteiger partial charge in [0.05, 0.1) is 0 Å². The van der Waals surface area contributed by atoms with Gasteiger partial charge in [0.25, 0.3) is 0 Å². The summed E-state index contributed by atoms with van der Waals surface area (Å²) in [5, 5.41) is 9.21. The average Bonchev–Trinajstić information content (AvgIpc) is 2.75. The SMILES string of the molecule is C=C1C(=O)O[C@@H]2/C=C(\C)CC/C=C(\CN(CC)C(=O)O)CC[C@H]12. The zero-order valence-corrected chi connectivity index (χ0v) is 13.9. The number of hydrogen-bond acceptors (Lipinski definition) is 3. The van der Waals surface area contributed by atoms with Gasteiger partial charge in [-0.05, 0) is 45.6 Å². The van der Waals surface area contributed by atoms with Crippen molar-refractivity contribution >= 4 is 12.1 Å². The highest BCUT2D eigenvalue weighted by atomic mass is 16.5. The number of allylic oxidation sites excluding steroid dienone is 2. The van der Waals surface area contributed by atoms with Gasteiger partial charge in [-0.15, -0.1) is 0 Å². The second-order valence-electron chi connectivity index (χ2n) is 6.25. The van der Waals surface area contributed by atoms with Gasteiger partial charge in [-0.25, -0.2) is 9.59 Å². The summed E-state index contributed by atoms with van der Waals surface area (Å²) in [7, 11) is 0. The fraction of sp³-hybridized carbons (Fsp3) is 0.556. The molecule has 126 valence electrons. The van der Waals surface area contributed by atoms with Crippen LogP contribution in [0.3, 0.4) is 0 Å². The van der Waals surface area contributed by atoms with Crippen LogP contribution in [0.15, 0.2) is 35.5 Å². The molecule has 0 aromatic rings. The van der Waals surface area contributed by atoms with Crippen molar-refractivity contribution in [3.63, 3.8) is 0 Å². The van der Waals surface area contributed by atoms with E-state index in [1.54, 1.807) is 0 Å². The molecule has 0 radical (unpaired) electrons. The van der Waals surface area contributed by atoms with Crippen molar-refractivity contribution in [2.24, 2.45) is 5.92 Å². The largest absolute Gasteiger partial charge is 0.465 e. The maximum Gasteiger partial charge on any atom is 0.407 e. The molecular weight excluding hydrogens is 294 g/mol. The van der Waals surface area contributed by atoms with Gasteiger partial charge in [0.15, 0.2) is 0 Å². The molecule has 0 aromatic carbocycles. The number of esters is 1. The monoisotopic (exact) mass is 319 g/mol. The Labute approximate surface area is 137 Å². The summed E-state index contributed by atoms with van der Waals surface area (Å²) in [6, 6.07) is 0. The summed E-state index contributed by atoms with van der Waals surface area (Å²) in [4.78, 5) is 24.4. The molecule has 1 saturated heterocycles. The lowest BCUT2D eigenvalue weighted by Gasteiger charge is -2.22. The van der Waals surface area contributed by atoms with E-state index in [0.717, 1.165) is 31.3 Å². The number of fused-ring (bicyclic) bond motifs is 1. The van der Waals surface area contributed by atoms with Gasteiger partial charge in [0, 0.05) is 24.6 Å². The number of ether oxygens (including phenoxy) is 1. The average molecular weight is 319 g/mol. The summed E-state index contributed by atoms with van der Waals surface area (Å²) >= 11 is 0. The van der Waals surface area contributed by atoms with Crippen molar-refractivity contribution in [2.75, 3.05) is 13.1 Å². The molecule has 1 aliphatic heterocycles. The molecule has 5 nitrogen and oxygen atoms in total. The lowest BCUT2D eigenvalue weighted by atomic mass is 9.87. The Morgan fingerprint density at radius 2 is 2.22 bits per heavy atom. The molecule has 0 saturated carbocycles. The third-order valence-electron chi connectivity index (χ3n) is 4.59. The van der Waals surface area contributed by atoms with Crippen LogP contribution in [0.2, 0.25) is 0 Å². The summed E-state index contributed by atoms with van der Waals surface area (Å²) in [5.74, 6) is -0.326. The Morgan fingerprint density at radius 1 is 1.48 bits per heavy atom. The van der Waals surface area contributed by atoms with Gasteiger partial charge < -0.3 is 14.7 Å². The van der Waals surface area contributed by atoms with E-state index in [-0.39, 0.29) is 18.0 Å². The van der Waals surface area contributed by atoms with E-state index in [2.05, 4.69) is 12.7 Å². The van der Waals surface area contributed by atoms with Crippen LogP contribution in [0.1, 0.15) is 39.5 Å². The molecule has 0 spiro atoms. The van der Waals surface area contributed by atoms with Crippen molar-refractivity contribution in [3.05, 3.63) is 35.5 Å². The van der Waals surface area contributed by atoms with Crippen molar-refractivity contribution < 1.29 is 19.4 Å². The lowest BCUT2D eigenvalue weighted by molar-refractivity contribution is -0.137. The van der Waals surface area contributed by atoms with Crippen LogP contribution in [-0.4, -0.2) is 41.3 Å². The number of rotatable bonds is 3. The summed E-state index contributed by atoms with van der Waals surface area (Å²) in [5.41, 5.74) is 2.82. The zero-order valence-electron chi connectivity index (χ0n) is 13.9. The fourth-order valence-corrected chi connectivity index (χ4v) is 3.13. The number of nitrogens with zero attached hydrogens (tertiary/aromatic N) is 1. The zero-order chi connectivity index (χ0) is 17.0. The molecule has 0 aromatic heterocycles. The van der Waals surface area contributed by atoms with E-state index in [9.17, 15) is 14.7 Å². The number of amides is 1. The number of carbonyl (C=O) groups excluding carboxylic acids is 1. The highest BCUT2D eigenvalue weighted by molar-refractivity contribution is 5.91. The van der Waals surface area contributed by atoms with Gasteiger partial charge in [0.2, 0.25) is 0 Å². The number of likely N-dealkylation sites (N-methyl/N-ethyl adjacent to an activating group) is 1. The minimum atomic E-state index is -0.900. The van der Waals surface area contributed by atoms with Crippen LogP contribution in [0.25, 0.3) is 0 Å². The first-order valence-corrected chi connectivity index (χ1v) is 8.15. The van der Waals surface area contributed by atoms with Crippen LogP contribution in [0, 0.1) is 5.92 Å². The second kappa shape index (κ2) is 7.49. The molecule has 1 amide bonds. The predicted molar refractivity (Wildman–Crippen MR) is 88.1 cm³/mol. The quantitative estimate of drug-likeness (QED) is 0.491. The van der Waals surface area contributed by atoms with Crippen LogP contribution < -0.4 is 0 Å². The molecule has 1 fully saturated rings. The van der Waals surface area contributed by atoms with E-state index in [0.29, 0.717) is 18.7 Å². The molecular formula is C18H25NO4. The van der Waals surface area contributed by atoms with Gasteiger partial charge in [-0.3, -0.25) is 0 Å². The van der Waals surface area contributed by atoms with E-state index < -0.39 is 6.09 Å². The molecule has 2 aliphatic rings. The van der Waals surface area contributed by atoms with Crippen molar-refractivity contribution in [1.29, 1.82) is 0 Å². The fourth-order valence-electron chi connectivity index (χ4n) is 3.13. The van der Waals surface area contributed by atoms with E-state index in [1.807, 2.05) is 19.9 Å². The first-order valence-electron chi connectivity index (χ1n) is 8.15. The Kier molecular flexibility index (Phi) is 5.64. The maximum absolute atomic E-state index is 11.8. The third kappa shape index (κ3) is 4.24. The molecule has 1 heterocycles. The number of carbonyl (C=O) groups is 2. The first-order chi connectivity index (χ1) is 10.9. The normalized spacial score (nSPS) is 29.7. The van der Waals surface area contributed by atoms with Gasteiger partial charge in [-0.1, -0.05) is 23.8 Å². The highest BCUT2D eigenvalue weighted by Crippen LogP contribution is 2.34. The van der Waals surface area contributed by atoms with Gasteiger partial charge in [-0.2, -0.15) is 0 Å². The molecule has 0 unspecified atom stereocenters. The van der Waals surface area contributed by atoms with Crippen LogP contribution in [0.5, 0.6) is 0 Å². The Balaban J connectivity index is 2.16. The Morgan fingerprint density at radius 3 is 2.87 bits per heavy atom. The maximum atomic E-state index is 11.8. The lowest BCUT2D eigenvalue weighted by Crippen LogP contribution is -2.31. The molecule has 5 heteroatoms.